The van der Waals surface area contributed by atoms with E-state index in [1.54, 1.807) is 18.2 Å². The van der Waals surface area contributed by atoms with Gasteiger partial charge in [0.1, 0.15) is 17.1 Å². The Balaban J connectivity index is 1.24. The lowest BCUT2D eigenvalue weighted by molar-refractivity contribution is -0.125. The van der Waals surface area contributed by atoms with E-state index in [0.717, 1.165) is 0 Å². The fourth-order valence-corrected chi connectivity index (χ4v) is 4.16. The van der Waals surface area contributed by atoms with Crippen molar-refractivity contribution in [2.45, 2.75) is 25.0 Å². The Kier molecular flexibility index (Phi) is 4.96. The maximum Gasteiger partial charge on any atom is 0.269 e. The lowest BCUT2D eigenvalue weighted by Crippen LogP contribution is -2.46. The molecule has 0 radical (unpaired) electrons. The first-order valence-electron chi connectivity index (χ1n) is 10.6. The molecule has 1 aromatic carbocycles. The van der Waals surface area contributed by atoms with E-state index < -0.39 is 23.3 Å². The van der Waals surface area contributed by atoms with Crippen LogP contribution in [0, 0.1) is 11.8 Å². The minimum Gasteiger partial charge on any atom is -0.475 e. The summed E-state index contributed by atoms with van der Waals surface area (Å²) in [7, 11) is 1.46. The van der Waals surface area contributed by atoms with Gasteiger partial charge in [0.2, 0.25) is 5.95 Å². The average Bonchev–Trinajstić information content (AvgIpc) is 3.57. The van der Waals surface area contributed by atoms with Crippen LogP contribution in [-0.4, -0.2) is 60.5 Å². The van der Waals surface area contributed by atoms with Crippen molar-refractivity contribution >= 4 is 23.2 Å². The monoisotopic (exact) mass is 443 g/mol. The molecule has 1 saturated carbocycles. The Morgan fingerprint density at radius 1 is 1.19 bits per heavy atom. The predicted molar refractivity (Wildman–Crippen MR) is 113 cm³/mol. The second-order valence-electron chi connectivity index (χ2n) is 8.31. The van der Waals surface area contributed by atoms with E-state index in [4.69, 9.17) is 4.74 Å². The number of fused-ring (bicyclic) bond motifs is 1. The third-order valence-corrected chi connectivity index (χ3v) is 6.24. The summed E-state index contributed by atoms with van der Waals surface area (Å²) in [5.41, 5.74) is 0.133. The number of carbonyl (C=O) groups excluding carboxylic acids is 2. The lowest BCUT2D eigenvalue weighted by Gasteiger charge is -2.36. The summed E-state index contributed by atoms with van der Waals surface area (Å²) in [6, 6.07) is 6.45. The highest BCUT2D eigenvalue weighted by molar-refractivity contribution is 6.02. The number of carbonyl (C=O) groups is 2. The fourth-order valence-electron chi connectivity index (χ4n) is 4.16. The minimum absolute atomic E-state index is 0.0268. The third kappa shape index (κ3) is 3.54. The molecule has 168 valence electrons. The SMILES string of the molecule is CNC(=O)c1ccc(N2CCN(Cc3ccc4c(c3F)NC(=O)C3(CC3)O4)CC2)c(F)n1. The van der Waals surface area contributed by atoms with Crippen LogP contribution >= 0.6 is 0 Å². The van der Waals surface area contributed by atoms with E-state index in [2.05, 4.69) is 20.5 Å². The minimum atomic E-state index is -0.806. The Hall–Kier alpha value is -3.27. The molecule has 0 unspecified atom stereocenters. The molecule has 3 aliphatic rings. The van der Waals surface area contributed by atoms with Crippen LogP contribution < -0.4 is 20.3 Å². The second-order valence-corrected chi connectivity index (χ2v) is 8.31. The summed E-state index contributed by atoms with van der Waals surface area (Å²) >= 11 is 0. The highest BCUT2D eigenvalue weighted by Crippen LogP contribution is 2.47. The molecule has 3 heterocycles. The van der Waals surface area contributed by atoms with Crippen molar-refractivity contribution < 1.29 is 23.1 Å². The van der Waals surface area contributed by atoms with Crippen LogP contribution in [0.5, 0.6) is 5.75 Å². The van der Waals surface area contributed by atoms with Gasteiger partial charge in [-0.2, -0.15) is 4.39 Å². The number of amides is 2. The number of hydrogen-bond donors (Lipinski definition) is 2. The number of anilines is 2. The Morgan fingerprint density at radius 2 is 1.94 bits per heavy atom. The zero-order valence-corrected chi connectivity index (χ0v) is 17.6. The average molecular weight is 443 g/mol. The van der Waals surface area contributed by atoms with Gasteiger partial charge in [-0.1, -0.05) is 6.07 Å². The van der Waals surface area contributed by atoms with Crippen molar-refractivity contribution in [2.24, 2.45) is 0 Å². The van der Waals surface area contributed by atoms with Crippen molar-refractivity contribution in [3.05, 3.63) is 47.3 Å². The van der Waals surface area contributed by atoms with Crippen molar-refractivity contribution in [1.29, 1.82) is 0 Å². The van der Waals surface area contributed by atoms with Gasteiger partial charge in [-0.05, 0) is 18.2 Å². The molecule has 5 rings (SSSR count). The van der Waals surface area contributed by atoms with Crippen molar-refractivity contribution in [3.8, 4) is 5.75 Å². The van der Waals surface area contributed by atoms with E-state index in [-0.39, 0.29) is 17.3 Å². The van der Waals surface area contributed by atoms with Crippen molar-refractivity contribution in [2.75, 3.05) is 43.4 Å². The van der Waals surface area contributed by atoms with Crippen LogP contribution in [0.25, 0.3) is 0 Å². The summed E-state index contributed by atoms with van der Waals surface area (Å²) < 4.78 is 35.2. The molecular formula is C22H23F2N5O3. The molecule has 2 N–H and O–H groups in total. The molecular weight excluding hydrogens is 420 g/mol. The van der Waals surface area contributed by atoms with Crippen LogP contribution in [0.15, 0.2) is 24.3 Å². The molecule has 1 saturated heterocycles. The molecule has 2 fully saturated rings. The van der Waals surface area contributed by atoms with E-state index >= 15 is 4.39 Å². The first-order valence-corrected chi connectivity index (χ1v) is 10.6. The van der Waals surface area contributed by atoms with Gasteiger partial charge in [0.25, 0.3) is 11.8 Å². The van der Waals surface area contributed by atoms with Gasteiger partial charge in [-0.25, -0.2) is 9.37 Å². The Morgan fingerprint density at radius 3 is 2.59 bits per heavy atom. The molecule has 8 nitrogen and oxygen atoms in total. The van der Waals surface area contributed by atoms with Crippen LogP contribution in [0.3, 0.4) is 0 Å². The number of hydrogen-bond acceptors (Lipinski definition) is 6. The molecule has 0 atom stereocenters. The van der Waals surface area contributed by atoms with Crippen molar-refractivity contribution in [1.82, 2.24) is 15.2 Å². The third-order valence-electron chi connectivity index (χ3n) is 6.24. The van der Waals surface area contributed by atoms with Gasteiger partial charge in [0, 0.05) is 58.2 Å². The lowest BCUT2D eigenvalue weighted by atomic mass is 10.1. The van der Waals surface area contributed by atoms with Crippen LogP contribution in [0.4, 0.5) is 20.2 Å². The molecule has 1 spiro atoms. The fraction of sp³-hybridized carbons (Fsp3) is 0.409. The molecule has 2 amide bonds. The van der Waals surface area contributed by atoms with E-state index in [1.807, 2.05) is 4.90 Å². The predicted octanol–water partition coefficient (Wildman–Crippen LogP) is 1.91. The largest absolute Gasteiger partial charge is 0.475 e. The van der Waals surface area contributed by atoms with E-state index in [1.165, 1.54) is 13.1 Å². The van der Waals surface area contributed by atoms with Crippen LogP contribution in [-0.2, 0) is 11.3 Å². The quantitative estimate of drug-likeness (QED) is 0.703. The number of rotatable bonds is 4. The zero-order valence-electron chi connectivity index (χ0n) is 17.6. The number of piperazine rings is 1. The Labute approximate surface area is 183 Å². The number of nitrogens with one attached hydrogen (secondary N) is 2. The number of pyridine rings is 1. The van der Waals surface area contributed by atoms with Gasteiger partial charge >= 0.3 is 0 Å². The first-order chi connectivity index (χ1) is 15.4. The summed E-state index contributed by atoms with van der Waals surface area (Å²) in [6.45, 7) is 2.63. The molecule has 1 aliphatic carbocycles. The zero-order chi connectivity index (χ0) is 22.5. The van der Waals surface area contributed by atoms with Crippen LogP contribution in [0.2, 0.25) is 0 Å². The Bertz CT molecular complexity index is 1100. The smallest absolute Gasteiger partial charge is 0.269 e. The number of ether oxygens (including phenoxy) is 1. The molecule has 1 aromatic heterocycles. The van der Waals surface area contributed by atoms with Gasteiger partial charge in [-0.15, -0.1) is 0 Å². The summed E-state index contributed by atoms with van der Waals surface area (Å²) in [5.74, 6) is -1.52. The first kappa shape index (κ1) is 20.6. The van der Waals surface area contributed by atoms with Crippen molar-refractivity contribution in [3.63, 3.8) is 0 Å². The van der Waals surface area contributed by atoms with Gasteiger partial charge in [0.05, 0.1) is 5.69 Å². The number of halogens is 2. The molecule has 10 heteroatoms. The van der Waals surface area contributed by atoms with Crippen LogP contribution in [0.1, 0.15) is 28.9 Å². The van der Waals surface area contributed by atoms with Gasteiger partial charge < -0.3 is 20.3 Å². The maximum atomic E-state index is 15.1. The second kappa shape index (κ2) is 7.70. The highest BCUT2D eigenvalue weighted by Gasteiger charge is 2.55. The topological polar surface area (TPSA) is 86.8 Å². The summed E-state index contributed by atoms with van der Waals surface area (Å²) in [6.07, 6.45) is 1.30. The molecule has 32 heavy (non-hydrogen) atoms. The number of nitrogens with zero attached hydrogens (tertiary/aromatic N) is 3. The maximum absolute atomic E-state index is 15.1. The number of aromatic nitrogens is 1. The van der Waals surface area contributed by atoms with Gasteiger partial charge in [0.15, 0.2) is 11.4 Å². The van der Waals surface area contributed by atoms with Gasteiger partial charge in [-0.3, -0.25) is 14.5 Å². The van der Waals surface area contributed by atoms with E-state index in [9.17, 15) is 14.0 Å². The summed E-state index contributed by atoms with van der Waals surface area (Å²) in [4.78, 5) is 31.5. The number of benzene rings is 1. The van der Waals surface area contributed by atoms with E-state index in [0.29, 0.717) is 62.6 Å². The summed E-state index contributed by atoms with van der Waals surface area (Å²) in [5, 5.41) is 5.09. The molecule has 2 aromatic rings. The molecule has 0 bridgehead atoms. The normalized spacial score (nSPS) is 19.2. The highest BCUT2D eigenvalue weighted by atomic mass is 19.1. The standard InChI is InChI=1S/C22H23F2N5O3/c1-25-20(30)14-3-4-15(19(24)26-14)29-10-8-28(9-11-29)12-13-2-5-16-18(17(13)23)27-21(31)22(32-16)6-7-22/h2-5H,6-12H2,1H3,(H,25,30)(H,27,31). The molecule has 2 aliphatic heterocycles.